The molecule has 2 fully saturated rings. The standard InChI is InChI=1S/C17H22N4O/c22-16(8-12-10-20-17-13(12)2-1-5-19-17)21-15-9-14(15)11-3-6-18-7-4-11/h1-2,5,10-11,14-15,18H,3-4,6-9H2,(H,19,20)(H,21,22)/t14-,15+/m0/s1. The van der Waals surface area contributed by atoms with E-state index >= 15 is 0 Å². The fourth-order valence-corrected chi connectivity index (χ4v) is 3.76. The number of nitrogens with one attached hydrogen (secondary N) is 3. The molecule has 0 unspecified atom stereocenters. The van der Waals surface area contributed by atoms with Gasteiger partial charge in [-0.15, -0.1) is 0 Å². The maximum absolute atomic E-state index is 12.3. The molecule has 5 nitrogen and oxygen atoms in total. The van der Waals surface area contributed by atoms with E-state index in [0.29, 0.717) is 18.4 Å². The molecule has 22 heavy (non-hydrogen) atoms. The maximum atomic E-state index is 12.3. The lowest BCUT2D eigenvalue weighted by atomic mass is 9.93. The second kappa shape index (κ2) is 5.72. The number of aromatic amines is 1. The van der Waals surface area contributed by atoms with E-state index in [4.69, 9.17) is 0 Å². The number of rotatable bonds is 4. The predicted molar refractivity (Wildman–Crippen MR) is 85.4 cm³/mol. The molecule has 1 saturated heterocycles. The van der Waals surface area contributed by atoms with Crippen molar-refractivity contribution in [3.8, 4) is 0 Å². The zero-order valence-corrected chi connectivity index (χ0v) is 12.6. The van der Waals surface area contributed by atoms with Crippen LogP contribution in [0.2, 0.25) is 0 Å². The van der Waals surface area contributed by atoms with E-state index in [1.165, 1.54) is 12.8 Å². The van der Waals surface area contributed by atoms with Crippen LogP contribution in [-0.4, -0.2) is 35.0 Å². The minimum atomic E-state index is 0.131. The van der Waals surface area contributed by atoms with Gasteiger partial charge in [0.05, 0.1) is 6.42 Å². The summed E-state index contributed by atoms with van der Waals surface area (Å²) in [5.41, 5.74) is 1.88. The molecule has 116 valence electrons. The lowest BCUT2D eigenvalue weighted by Gasteiger charge is -2.22. The van der Waals surface area contributed by atoms with Crippen molar-refractivity contribution in [2.45, 2.75) is 31.7 Å². The van der Waals surface area contributed by atoms with Crippen LogP contribution in [0.4, 0.5) is 0 Å². The van der Waals surface area contributed by atoms with Crippen LogP contribution < -0.4 is 10.6 Å². The number of hydrogen-bond donors (Lipinski definition) is 3. The van der Waals surface area contributed by atoms with Gasteiger partial charge in [-0.1, -0.05) is 0 Å². The van der Waals surface area contributed by atoms with E-state index in [0.717, 1.165) is 42.0 Å². The average Bonchev–Trinajstić information content (AvgIpc) is 3.20. The van der Waals surface area contributed by atoms with Crippen molar-refractivity contribution in [3.05, 3.63) is 30.1 Å². The number of carbonyl (C=O) groups is 1. The molecule has 1 amide bonds. The second-order valence-corrected chi connectivity index (χ2v) is 6.55. The summed E-state index contributed by atoms with van der Waals surface area (Å²) < 4.78 is 0. The summed E-state index contributed by atoms with van der Waals surface area (Å²) in [6.07, 6.45) is 7.76. The van der Waals surface area contributed by atoms with Gasteiger partial charge in [-0.3, -0.25) is 4.79 Å². The molecule has 3 heterocycles. The Morgan fingerprint density at radius 1 is 1.36 bits per heavy atom. The highest BCUT2D eigenvalue weighted by atomic mass is 16.1. The molecule has 1 saturated carbocycles. The van der Waals surface area contributed by atoms with Crippen LogP contribution >= 0.6 is 0 Å². The quantitative estimate of drug-likeness (QED) is 0.803. The Bertz CT molecular complexity index is 674. The van der Waals surface area contributed by atoms with Crippen molar-refractivity contribution in [2.75, 3.05) is 13.1 Å². The Labute approximate surface area is 129 Å². The van der Waals surface area contributed by atoms with E-state index in [2.05, 4.69) is 20.6 Å². The van der Waals surface area contributed by atoms with Gasteiger partial charge in [0.15, 0.2) is 0 Å². The molecule has 3 N–H and O–H groups in total. The van der Waals surface area contributed by atoms with Crippen molar-refractivity contribution in [2.24, 2.45) is 11.8 Å². The second-order valence-electron chi connectivity index (χ2n) is 6.55. The smallest absolute Gasteiger partial charge is 0.224 e. The zero-order chi connectivity index (χ0) is 14.9. The van der Waals surface area contributed by atoms with Gasteiger partial charge >= 0.3 is 0 Å². The molecule has 0 bridgehead atoms. The third-order valence-corrected chi connectivity index (χ3v) is 5.06. The normalized spacial score (nSPS) is 25.3. The van der Waals surface area contributed by atoms with Gasteiger partial charge in [0.1, 0.15) is 5.65 Å². The first-order chi connectivity index (χ1) is 10.8. The number of carbonyl (C=O) groups excluding carboxylic acids is 1. The highest BCUT2D eigenvalue weighted by molar-refractivity contribution is 5.87. The highest BCUT2D eigenvalue weighted by Crippen LogP contribution is 2.41. The molecule has 2 aromatic heterocycles. The van der Waals surface area contributed by atoms with Crippen LogP contribution in [0.15, 0.2) is 24.5 Å². The molecule has 2 aliphatic rings. The molecule has 2 atom stereocenters. The Morgan fingerprint density at radius 3 is 3.09 bits per heavy atom. The van der Waals surface area contributed by atoms with Gasteiger partial charge in [0.25, 0.3) is 0 Å². The maximum Gasteiger partial charge on any atom is 0.224 e. The molecule has 0 aromatic carbocycles. The Balaban J connectivity index is 1.34. The van der Waals surface area contributed by atoms with Crippen molar-refractivity contribution < 1.29 is 4.79 Å². The van der Waals surface area contributed by atoms with Crippen LogP contribution in [0.1, 0.15) is 24.8 Å². The molecule has 2 aromatic rings. The fraction of sp³-hybridized carbons (Fsp3) is 0.529. The summed E-state index contributed by atoms with van der Waals surface area (Å²) in [6.45, 7) is 2.26. The number of pyridine rings is 1. The van der Waals surface area contributed by atoms with E-state index in [1.807, 2.05) is 18.3 Å². The van der Waals surface area contributed by atoms with Gasteiger partial charge < -0.3 is 15.6 Å². The monoisotopic (exact) mass is 298 g/mol. The van der Waals surface area contributed by atoms with E-state index in [1.54, 1.807) is 6.20 Å². The average molecular weight is 298 g/mol. The zero-order valence-electron chi connectivity index (χ0n) is 12.6. The number of hydrogen-bond acceptors (Lipinski definition) is 3. The summed E-state index contributed by atoms with van der Waals surface area (Å²) in [5, 5.41) is 7.66. The lowest BCUT2D eigenvalue weighted by molar-refractivity contribution is -0.120. The van der Waals surface area contributed by atoms with Crippen molar-refractivity contribution >= 4 is 16.9 Å². The predicted octanol–water partition coefficient (Wildman–Crippen LogP) is 1.61. The third kappa shape index (κ3) is 2.73. The molecule has 4 rings (SSSR count). The highest BCUT2D eigenvalue weighted by Gasteiger charge is 2.43. The molecular formula is C17H22N4O. The van der Waals surface area contributed by atoms with Gasteiger partial charge in [0, 0.05) is 23.8 Å². The van der Waals surface area contributed by atoms with Crippen molar-refractivity contribution in [3.63, 3.8) is 0 Å². The Kier molecular flexibility index (Phi) is 3.58. The van der Waals surface area contributed by atoms with E-state index in [-0.39, 0.29) is 5.91 Å². The van der Waals surface area contributed by atoms with Crippen molar-refractivity contribution in [1.29, 1.82) is 0 Å². The summed E-state index contributed by atoms with van der Waals surface area (Å²) in [5.74, 6) is 1.63. The van der Waals surface area contributed by atoms with Crippen LogP contribution in [0.3, 0.4) is 0 Å². The molecule has 5 heteroatoms. The number of nitrogens with zero attached hydrogens (tertiary/aromatic N) is 1. The minimum Gasteiger partial charge on any atom is -0.353 e. The molecule has 1 aliphatic carbocycles. The van der Waals surface area contributed by atoms with E-state index in [9.17, 15) is 4.79 Å². The number of piperidine rings is 1. The fourth-order valence-electron chi connectivity index (χ4n) is 3.76. The van der Waals surface area contributed by atoms with Gasteiger partial charge in [0.2, 0.25) is 5.91 Å². The molecule has 0 spiro atoms. The van der Waals surface area contributed by atoms with Gasteiger partial charge in [-0.05, 0) is 61.9 Å². The first-order valence-electron chi connectivity index (χ1n) is 8.22. The van der Waals surface area contributed by atoms with Crippen LogP contribution in [0.5, 0.6) is 0 Å². The molecule has 0 radical (unpaired) electrons. The first kappa shape index (κ1) is 13.8. The summed E-state index contributed by atoms with van der Waals surface area (Å²) in [7, 11) is 0. The SMILES string of the molecule is O=C(Cc1c[nH]c2ncccc12)N[C@@H]1C[C@H]1C1CCNCC1. The van der Waals surface area contributed by atoms with Crippen molar-refractivity contribution in [1.82, 2.24) is 20.6 Å². The van der Waals surface area contributed by atoms with Gasteiger partial charge in [-0.2, -0.15) is 0 Å². The first-order valence-corrected chi connectivity index (χ1v) is 8.22. The number of amides is 1. The number of fused-ring (bicyclic) bond motifs is 1. The van der Waals surface area contributed by atoms with Crippen LogP contribution in [0, 0.1) is 11.8 Å². The summed E-state index contributed by atoms with van der Waals surface area (Å²) >= 11 is 0. The topological polar surface area (TPSA) is 69.8 Å². The van der Waals surface area contributed by atoms with Crippen LogP contribution in [0.25, 0.3) is 11.0 Å². The Morgan fingerprint density at radius 2 is 2.23 bits per heavy atom. The third-order valence-electron chi connectivity index (χ3n) is 5.06. The summed E-state index contributed by atoms with van der Waals surface area (Å²) in [4.78, 5) is 19.7. The number of H-pyrrole nitrogens is 1. The Hall–Kier alpha value is -1.88. The summed E-state index contributed by atoms with van der Waals surface area (Å²) in [6, 6.07) is 4.32. The van der Waals surface area contributed by atoms with E-state index < -0.39 is 0 Å². The number of aromatic nitrogens is 2. The minimum absolute atomic E-state index is 0.131. The lowest BCUT2D eigenvalue weighted by Crippen LogP contribution is -2.33. The molecular weight excluding hydrogens is 276 g/mol. The van der Waals surface area contributed by atoms with Gasteiger partial charge in [-0.25, -0.2) is 4.98 Å². The van der Waals surface area contributed by atoms with Crippen LogP contribution in [-0.2, 0) is 11.2 Å². The molecule has 1 aliphatic heterocycles. The largest absolute Gasteiger partial charge is 0.353 e.